The van der Waals surface area contributed by atoms with Gasteiger partial charge in [0.2, 0.25) is 5.91 Å². The second kappa shape index (κ2) is 7.91. The monoisotopic (exact) mass is 335 g/mol. The van der Waals surface area contributed by atoms with Crippen LogP contribution in [0.25, 0.3) is 0 Å². The molecular weight excluding hydrogens is 320 g/mol. The number of benzene rings is 2. The molecule has 0 saturated carbocycles. The lowest BCUT2D eigenvalue weighted by molar-refractivity contribution is -0.118. The van der Waals surface area contributed by atoms with Gasteiger partial charge in [-0.2, -0.15) is 0 Å². The molecule has 0 aliphatic rings. The van der Waals surface area contributed by atoms with Gasteiger partial charge in [-0.15, -0.1) is 0 Å². The largest absolute Gasteiger partial charge is 0.486 e. The van der Waals surface area contributed by atoms with Gasteiger partial charge in [-0.1, -0.05) is 12.1 Å². The number of urea groups is 1. The van der Waals surface area contributed by atoms with Crippen molar-refractivity contribution >= 4 is 17.6 Å². The van der Waals surface area contributed by atoms with Gasteiger partial charge in [0, 0.05) is 11.8 Å². The molecule has 2 aromatic rings. The lowest BCUT2D eigenvalue weighted by atomic mass is 10.2. The third-order valence-electron chi connectivity index (χ3n) is 2.93. The zero-order valence-electron chi connectivity index (χ0n) is 12.5. The topological polar surface area (TPSA) is 93.5 Å². The van der Waals surface area contributed by atoms with E-state index in [2.05, 4.69) is 5.32 Å². The maximum atomic E-state index is 14.0. The number of carbonyl (C=O) groups is 2. The molecule has 0 aromatic heterocycles. The molecule has 126 valence electrons. The summed E-state index contributed by atoms with van der Waals surface area (Å²) in [6.45, 7) is -0.228. The summed E-state index contributed by atoms with van der Waals surface area (Å²) in [5.41, 5.74) is 5.69. The molecule has 2 rings (SSSR count). The van der Waals surface area contributed by atoms with Crippen molar-refractivity contribution in [3.05, 3.63) is 59.7 Å². The highest BCUT2D eigenvalue weighted by Crippen LogP contribution is 2.22. The molecule has 0 spiro atoms. The maximum absolute atomic E-state index is 14.0. The Kier molecular flexibility index (Phi) is 5.67. The molecular formula is C16H15F2N3O3. The number of rotatable bonds is 6. The van der Waals surface area contributed by atoms with Crippen LogP contribution in [0, 0.1) is 11.6 Å². The van der Waals surface area contributed by atoms with Crippen molar-refractivity contribution in [2.45, 2.75) is 6.61 Å². The van der Waals surface area contributed by atoms with Gasteiger partial charge >= 0.3 is 6.03 Å². The smallest absolute Gasteiger partial charge is 0.318 e. The molecule has 0 saturated heterocycles. The van der Waals surface area contributed by atoms with Gasteiger partial charge in [0.25, 0.3) is 0 Å². The highest BCUT2D eigenvalue weighted by atomic mass is 19.1. The van der Waals surface area contributed by atoms with Gasteiger partial charge in [-0.05, 0) is 29.8 Å². The van der Waals surface area contributed by atoms with Crippen molar-refractivity contribution in [1.82, 2.24) is 5.32 Å². The van der Waals surface area contributed by atoms with Gasteiger partial charge in [0.1, 0.15) is 12.4 Å². The quantitative estimate of drug-likeness (QED) is 0.754. The molecule has 0 radical (unpaired) electrons. The second-order valence-corrected chi connectivity index (χ2v) is 4.83. The molecule has 24 heavy (non-hydrogen) atoms. The molecule has 0 aliphatic heterocycles. The first-order chi connectivity index (χ1) is 11.4. The predicted molar refractivity (Wildman–Crippen MR) is 83.3 cm³/mol. The van der Waals surface area contributed by atoms with Crippen LogP contribution < -0.4 is 21.1 Å². The highest BCUT2D eigenvalue weighted by Gasteiger charge is 2.08. The van der Waals surface area contributed by atoms with E-state index in [1.54, 1.807) is 6.07 Å². The fraction of sp³-hybridized carbons (Fsp3) is 0.125. The molecule has 0 aliphatic carbocycles. The third-order valence-corrected chi connectivity index (χ3v) is 2.93. The lowest BCUT2D eigenvalue weighted by Crippen LogP contribution is -2.38. The number of amides is 3. The van der Waals surface area contributed by atoms with E-state index >= 15 is 0 Å². The van der Waals surface area contributed by atoms with Crippen molar-refractivity contribution in [1.29, 1.82) is 0 Å². The Bertz CT molecular complexity index is 753. The maximum Gasteiger partial charge on any atom is 0.318 e. The van der Waals surface area contributed by atoms with Crippen LogP contribution in [0.5, 0.6) is 5.75 Å². The lowest BCUT2D eigenvalue weighted by Gasteiger charge is -2.10. The Hall–Kier alpha value is -3.16. The number of nitrogens with one attached hydrogen (secondary N) is 2. The number of imide groups is 1. The average Bonchev–Trinajstić information content (AvgIpc) is 2.51. The predicted octanol–water partition coefficient (Wildman–Crippen LogP) is 2.15. The van der Waals surface area contributed by atoms with Gasteiger partial charge < -0.3 is 15.8 Å². The van der Waals surface area contributed by atoms with E-state index in [9.17, 15) is 18.4 Å². The number of halogens is 2. The number of nitrogens with two attached hydrogens (primary N) is 1. The first-order valence-corrected chi connectivity index (χ1v) is 6.94. The van der Waals surface area contributed by atoms with Crippen LogP contribution in [0.3, 0.4) is 0 Å². The molecule has 0 heterocycles. The highest BCUT2D eigenvalue weighted by molar-refractivity contribution is 5.95. The fourth-order valence-corrected chi connectivity index (χ4v) is 1.88. The van der Waals surface area contributed by atoms with Crippen molar-refractivity contribution < 1.29 is 23.1 Å². The summed E-state index contributed by atoms with van der Waals surface area (Å²) in [5.74, 6) is -1.70. The summed E-state index contributed by atoms with van der Waals surface area (Å²) in [5, 5.41) is 4.50. The van der Waals surface area contributed by atoms with E-state index in [1.165, 1.54) is 30.3 Å². The van der Waals surface area contributed by atoms with E-state index in [4.69, 9.17) is 10.5 Å². The molecule has 0 unspecified atom stereocenters. The summed E-state index contributed by atoms with van der Waals surface area (Å²) < 4.78 is 32.3. The summed E-state index contributed by atoms with van der Waals surface area (Å²) >= 11 is 0. The van der Waals surface area contributed by atoms with E-state index in [0.717, 1.165) is 6.07 Å². The van der Waals surface area contributed by atoms with Gasteiger partial charge in [-0.3, -0.25) is 10.1 Å². The number of hydrogen-bond donors (Lipinski definition) is 3. The normalized spacial score (nSPS) is 10.1. The van der Waals surface area contributed by atoms with Crippen molar-refractivity contribution in [2.75, 3.05) is 11.9 Å². The van der Waals surface area contributed by atoms with E-state index in [0.29, 0.717) is 11.3 Å². The molecule has 6 nitrogen and oxygen atoms in total. The number of carbonyl (C=O) groups excluding carboxylic acids is 2. The molecule has 0 bridgehead atoms. The van der Waals surface area contributed by atoms with Crippen LogP contribution in [-0.2, 0) is 11.4 Å². The Morgan fingerprint density at radius 3 is 2.58 bits per heavy atom. The fourth-order valence-electron chi connectivity index (χ4n) is 1.88. The van der Waals surface area contributed by atoms with Crippen LogP contribution in [0.4, 0.5) is 19.3 Å². The first kappa shape index (κ1) is 17.2. The Morgan fingerprint density at radius 1 is 1.12 bits per heavy atom. The molecule has 3 amide bonds. The van der Waals surface area contributed by atoms with Gasteiger partial charge in [0.05, 0.1) is 6.54 Å². The van der Waals surface area contributed by atoms with E-state index < -0.39 is 23.6 Å². The Morgan fingerprint density at radius 2 is 1.92 bits per heavy atom. The Balaban J connectivity index is 1.92. The summed E-state index contributed by atoms with van der Waals surface area (Å²) in [4.78, 5) is 21.7. The zero-order valence-corrected chi connectivity index (χ0v) is 12.5. The van der Waals surface area contributed by atoms with Crippen molar-refractivity contribution in [3.63, 3.8) is 0 Å². The minimum Gasteiger partial charge on any atom is -0.486 e. The SMILES string of the molecule is NC(=O)NC(=O)CNc1ccc(OCc2cccc(F)c2)c(F)c1. The number of anilines is 1. The number of hydrogen-bond acceptors (Lipinski definition) is 4. The standard InChI is InChI=1S/C16H15F2N3O3/c17-11-3-1-2-10(6-11)9-24-14-5-4-12(7-13(14)18)20-8-15(22)21-16(19)23/h1-7,20H,8-9H2,(H3,19,21,22,23). The molecule has 2 aromatic carbocycles. The molecule has 8 heteroatoms. The second-order valence-electron chi connectivity index (χ2n) is 4.83. The van der Waals surface area contributed by atoms with Crippen LogP contribution in [0.15, 0.2) is 42.5 Å². The minimum absolute atomic E-state index is 0.00796. The number of ether oxygens (including phenoxy) is 1. The van der Waals surface area contributed by atoms with Crippen molar-refractivity contribution in [3.8, 4) is 5.75 Å². The first-order valence-electron chi connectivity index (χ1n) is 6.94. The van der Waals surface area contributed by atoms with E-state index in [1.807, 2.05) is 5.32 Å². The van der Waals surface area contributed by atoms with Crippen molar-refractivity contribution in [2.24, 2.45) is 5.73 Å². The number of primary amides is 1. The van der Waals surface area contributed by atoms with Crippen LogP contribution in [0.1, 0.15) is 5.56 Å². The summed E-state index contributed by atoms with van der Waals surface area (Å²) in [6.07, 6.45) is 0. The van der Waals surface area contributed by atoms with Gasteiger partial charge in [0.15, 0.2) is 11.6 Å². The van der Waals surface area contributed by atoms with Gasteiger partial charge in [-0.25, -0.2) is 13.6 Å². The summed E-state index contributed by atoms with van der Waals surface area (Å²) in [6, 6.07) is 8.85. The van der Waals surface area contributed by atoms with E-state index in [-0.39, 0.29) is 18.9 Å². The molecule has 0 fully saturated rings. The molecule has 0 atom stereocenters. The zero-order chi connectivity index (χ0) is 17.5. The Labute approximate surface area is 136 Å². The summed E-state index contributed by atoms with van der Waals surface area (Å²) in [7, 11) is 0. The average molecular weight is 335 g/mol. The van der Waals surface area contributed by atoms with Crippen LogP contribution in [0.2, 0.25) is 0 Å². The van der Waals surface area contributed by atoms with Crippen LogP contribution >= 0.6 is 0 Å². The van der Waals surface area contributed by atoms with Crippen LogP contribution in [-0.4, -0.2) is 18.5 Å². The minimum atomic E-state index is -0.964. The third kappa shape index (κ3) is 5.24. The molecule has 4 N–H and O–H groups in total.